The normalized spacial score (nSPS) is 25.6. The molecule has 0 aromatic rings. The van der Waals surface area contributed by atoms with Crippen molar-refractivity contribution in [2.75, 3.05) is 0 Å². The number of rotatable bonds is 1. The van der Waals surface area contributed by atoms with Gasteiger partial charge in [-0.15, -0.1) is 0 Å². The van der Waals surface area contributed by atoms with Crippen molar-refractivity contribution in [3.63, 3.8) is 0 Å². The van der Waals surface area contributed by atoms with Crippen molar-refractivity contribution in [2.24, 2.45) is 0 Å². The van der Waals surface area contributed by atoms with Crippen molar-refractivity contribution in [1.82, 2.24) is 0 Å². The predicted octanol–water partition coefficient (Wildman–Crippen LogP) is 4.40. The molecule has 0 aromatic heterocycles. The van der Waals surface area contributed by atoms with Crippen LogP contribution in [0.2, 0.25) is 0 Å². The highest BCUT2D eigenvalue weighted by Gasteiger charge is 2.06. The first-order valence-corrected chi connectivity index (χ1v) is 5.35. The fourth-order valence-corrected chi connectivity index (χ4v) is 1.97. The Kier molecular flexibility index (Phi) is 4.59. The third-order valence-electron chi connectivity index (χ3n) is 2.72. The molecular formula is C13H20. The van der Waals surface area contributed by atoms with Crippen LogP contribution in [0, 0.1) is 0 Å². The van der Waals surface area contributed by atoms with E-state index in [4.69, 9.17) is 0 Å². The molecule has 1 saturated carbocycles. The van der Waals surface area contributed by atoms with Gasteiger partial charge in [0, 0.05) is 0 Å². The molecule has 1 fully saturated rings. The van der Waals surface area contributed by atoms with E-state index in [2.05, 4.69) is 25.7 Å². The molecule has 0 amide bonds. The minimum atomic E-state index is 1.24. The first-order valence-electron chi connectivity index (χ1n) is 5.35. The molecule has 1 aliphatic carbocycles. The summed E-state index contributed by atoms with van der Waals surface area (Å²) in [5.41, 5.74) is 3.05. The standard InChI is InChI=1S/C13H20/c1-3-9-13-11-8-6-5-7-10-12(13)4-2/h3-4,9H,1,5-8,10-11H2,2H3. The molecule has 0 spiro atoms. The van der Waals surface area contributed by atoms with Crippen LogP contribution in [0.5, 0.6) is 0 Å². The van der Waals surface area contributed by atoms with Crippen molar-refractivity contribution < 1.29 is 0 Å². The molecule has 1 aliphatic rings. The third-order valence-corrected chi connectivity index (χ3v) is 2.72. The second-order valence-electron chi connectivity index (χ2n) is 3.66. The fourth-order valence-electron chi connectivity index (χ4n) is 1.97. The Balaban J connectivity index is 2.73. The van der Waals surface area contributed by atoms with Crippen molar-refractivity contribution >= 4 is 0 Å². The van der Waals surface area contributed by atoms with E-state index in [1.165, 1.54) is 44.1 Å². The van der Waals surface area contributed by atoms with Crippen molar-refractivity contribution in [3.05, 3.63) is 36.0 Å². The fraction of sp³-hybridized carbons (Fsp3) is 0.538. The van der Waals surface area contributed by atoms with Crippen LogP contribution < -0.4 is 0 Å². The summed E-state index contributed by atoms with van der Waals surface area (Å²) in [5, 5.41) is 0. The van der Waals surface area contributed by atoms with Crippen LogP contribution in [0.3, 0.4) is 0 Å². The molecule has 1 rings (SSSR count). The summed E-state index contributed by atoms with van der Waals surface area (Å²) in [4.78, 5) is 0. The highest BCUT2D eigenvalue weighted by atomic mass is 14.1. The SMILES string of the molecule is C=CC=C1CCCCCCC1=CC. The minimum absolute atomic E-state index is 1.24. The Labute approximate surface area is 82.0 Å². The smallest absolute Gasteiger partial charge is 0.0276 e. The van der Waals surface area contributed by atoms with Gasteiger partial charge >= 0.3 is 0 Å². The van der Waals surface area contributed by atoms with Crippen molar-refractivity contribution in [2.45, 2.75) is 45.4 Å². The van der Waals surface area contributed by atoms with Gasteiger partial charge in [0.05, 0.1) is 0 Å². The van der Waals surface area contributed by atoms with E-state index in [1.54, 1.807) is 5.57 Å². The number of hydrogen-bond donors (Lipinski definition) is 0. The monoisotopic (exact) mass is 176 g/mol. The lowest BCUT2D eigenvalue weighted by molar-refractivity contribution is 0.613. The van der Waals surface area contributed by atoms with Gasteiger partial charge in [-0.1, -0.05) is 37.6 Å². The first-order chi connectivity index (χ1) is 6.38. The van der Waals surface area contributed by atoms with Gasteiger partial charge in [0.1, 0.15) is 0 Å². The largest absolute Gasteiger partial charge is 0.0991 e. The van der Waals surface area contributed by atoms with Gasteiger partial charge in [0.25, 0.3) is 0 Å². The predicted molar refractivity (Wildman–Crippen MR) is 59.7 cm³/mol. The van der Waals surface area contributed by atoms with Gasteiger partial charge in [-0.3, -0.25) is 0 Å². The van der Waals surface area contributed by atoms with Crippen LogP contribution in [0.25, 0.3) is 0 Å². The molecule has 0 saturated heterocycles. The Morgan fingerprint density at radius 3 is 2.15 bits per heavy atom. The summed E-state index contributed by atoms with van der Waals surface area (Å²) >= 11 is 0. The molecule has 0 aromatic carbocycles. The Bertz CT molecular complexity index is 218. The van der Waals surface area contributed by atoms with Gasteiger partial charge in [0.15, 0.2) is 0 Å². The van der Waals surface area contributed by atoms with E-state index >= 15 is 0 Å². The van der Waals surface area contributed by atoms with Crippen LogP contribution in [0.1, 0.15) is 45.4 Å². The Morgan fingerprint density at radius 1 is 1.00 bits per heavy atom. The first kappa shape index (κ1) is 10.3. The quantitative estimate of drug-likeness (QED) is 0.555. The molecule has 13 heavy (non-hydrogen) atoms. The summed E-state index contributed by atoms with van der Waals surface area (Å²) in [6, 6.07) is 0. The maximum Gasteiger partial charge on any atom is -0.0276 e. The van der Waals surface area contributed by atoms with Crippen molar-refractivity contribution in [1.29, 1.82) is 0 Å². The second kappa shape index (κ2) is 5.80. The molecular weight excluding hydrogens is 156 g/mol. The van der Waals surface area contributed by atoms with Gasteiger partial charge in [0.2, 0.25) is 0 Å². The number of hydrogen-bond acceptors (Lipinski definition) is 0. The topological polar surface area (TPSA) is 0 Å². The summed E-state index contributed by atoms with van der Waals surface area (Å²) < 4.78 is 0. The minimum Gasteiger partial charge on any atom is -0.0991 e. The third kappa shape index (κ3) is 3.22. The van der Waals surface area contributed by atoms with Crippen LogP contribution in [0.15, 0.2) is 36.0 Å². The molecule has 0 unspecified atom stereocenters. The number of allylic oxidation sites excluding steroid dienone is 5. The molecule has 0 heterocycles. The van der Waals surface area contributed by atoms with Crippen LogP contribution >= 0.6 is 0 Å². The summed E-state index contributed by atoms with van der Waals surface area (Å²) in [7, 11) is 0. The zero-order chi connectivity index (χ0) is 9.52. The van der Waals surface area contributed by atoms with Crippen molar-refractivity contribution in [3.8, 4) is 0 Å². The van der Waals surface area contributed by atoms with E-state index in [9.17, 15) is 0 Å². The molecule has 0 heteroatoms. The van der Waals surface area contributed by atoms with E-state index in [1.807, 2.05) is 6.08 Å². The molecule has 0 bridgehead atoms. The zero-order valence-corrected chi connectivity index (χ0v) is 8.68. The molecule has 0 aliphatic heterocycles. The average Bonchev–Trinajstić information content (AvgIpc) is 2.10. The highest BCUT2D eigenvalue weighted by molar-refractivity contribution is 5.33. The molecule has 0 atom stereocenters. The highest BCUT2D eigenvalue weighted by Crippen LogP contribution is 2.26. The van der Waals surface area contributed by atoms with E-state index in [0.29, 0.717) is 0 Å². The molecule has 72 valence electrons. The lowest BCUT2D eigenvalue weighted by Gasteiger charge is -2.15. The summed E-state index contributed by atoms with van der Waals surface area (Å²) in [6.07, 6.45) is 14.4. The van der Waals surface area contributed by atoms with Crippen LogP contribution in [0.4, 0.5) is 0 Å². The van der Waals surface area contributed by atoms with E-state index in [0.717, 1.165) is 0 Å². The van der Waals surface area contributed by atoms with E-state index in [-0.39, 0.29) is 0 Å². The summed E-state index contributed by atoms with van der Waals surface area (Å²) in [6.45, 7) is 5.92. The Morgan fingerprint density at radius 2 is 1.62 bits per heavy atom. The van der Waals surface area contributed by atoms with Gasteiger partial charge in [-0.2, -0.15) is 0 Å². The lowest BCUT2D eigenvalue weighted by Crippen LogP contribution is -1.95. The van der Waals surface area contributed by atoms with Crippen LogP contribution in [-0.4, -0.2) is 0 Å². The lowest BCUT2D eigenvalue weighted by atomic mass is 9.91. The van der Waals surface area contributed by atoms with E-state index < -0.39 is 0 Å². The van der Waals surface area contributed by atoms with Crippen LogP contribution in [-0.2, 0) is 0 Å². The molecule has 0 nitrogen and oxygen atoms in total. The maximum absolute atomic E-state index is 3.77. The molecule has 0 N–H and O–H groups in total. The Hall–Kier alpha value is -0.780. The molecule has 0 radical (unpaired) electrons. The van der Waals surface area contributed by atoms with Gasteiger partial charge in [-0.05, 0) is 43.8 Å². The average molecular weight is 176 g/mol. The zero-order valence-electron chi connectivity index (χ0n) is 8.68. The van der Waals surface area contributed by atoms with Gasteiger partial charge < -0.3 is 0 Å². The van der Waals surface area contributed by atoms with Gasteiger partial charge in [-0.25, -0.2) is 0 Å². The summed E-state index contributed by atoms with van der Waals surface area (Å²) in [5.74, 6) is 0. The second-order valence-corrected chi connectivity index (χ2v) is 3.66. The maximum atomic E-state index is 3.77.